The van der Waals surface area contributed by atoms with Gasteiger partial charge >= 0.3 is 0 Å². The van der Waals surface area contributed by atoms with Gasteiger partial charge in [0, 0.05) is 38.4 Å². The van der Waals surface area contributed by atoms with Crippen LogP contribution in [0.2, 0.25) is 0 Å². The van der Waals surface area contributed by atoms with Crippen molar-refractivity contribution in [2.24, 2.45) is 0 Å². The maximum Gasteiger partial charge on any atom is 0.256 e. The van der Waals surface area contributed by atoms with Gasteiger partial charge in [0.05, 0.1) is 22.0 Å². The Hall–Kier alpha value is -7.56. The molecule has 11 aromatic rings. The molecule has 2 aliphatic carbocycles. The maximum absolute atomic E-state index is 7.28. The summed E-state index contributed by atoms with van der Waals surface area (Å²) in [6, 6.07) is 68.6. The van der Waals surface area contributed by atoms with Gasteiger partial charge in [-0.05, 0) is 108 Å². The Balaban J connectivity index is 1.03. The van der Waals surface area contributed by atoms with Gasteiger partial charge in [-0.25, -0.2) is 0 Å². The molecule has 2 aliphatic heterocycles. The van der Waals surface area contributed by atoms with Crippen LogP contribution in [0.25, 0.3) is 77.2 Å². The summed E-state index contributed by atoms with van der Waals surface area (Å²) in [4.78, 5) is 0. The molecule has 0 fully saturated rings. The van der Waals surface area contributed by atoms with E-state index in [9.17, 15) is 0 Å². The van der Waals surface area contributed by atoms with Gasteiger partial charge < -0.3 is 13.9 Å². The molecule has 9 aromatic carbocycles. The number of fused-ring (bicyclic) bond motifs is 21. The summed E-state index contributed by atoms with van der Waals surface area (Å²) in [6.45, 7) is 6.84. The van der Waals surface area contributed by atoms with E-state index >= 15 is 0 Å². The lowest BCUT2D eigenvalue weighted by molar-refractivity contribution is 0.486. The fourth-order valence-corrected chi connectivity index (χ4v) is 12.6. The number of benzene rings is 9. The number of hydrogen-bond acceptors (Lipinski definition) is 1. The first kappa shape index (κ1) is 34.1. The second-order valence-electron chi connectivity index (χ2n) is 19.1. The summed E-state index contributed by atoms with van der Waals surface area (Å²) >= 11 is 0. The molecule has 0 amide bonds. The Morgan fingerprint density at radius 2 is 1.03 bits per heavy atom. The third-order valence-corrected chi connectivity index (χ3v) is 15.1. The Bertz CT molecular complexity index is 3830. The first-order valence-electron chi connectivity index (χ1n) is 22.3. The van der Waals surface area contributed by atoms with Crippen LogP contribution in [0, 0.1) is 0 Å². The van der Waals surface area contributed by atoms with E-state index in [0.29, 0.717) is 0 Å². The number of nitrogens with zero attached hydrogens (tertiary/aromatic N) is 2. The Morgan fingerprint density at radius 3 is 1.75 bits per heavy atom. The van der Waals surface area contributed by atoms with E-state index in [2.05, 4.69) is 212 Å². The quantitative estimate of drug-likeness (QED) is 0.151. The molecule has 1 spiro atoms. The van der Waals surface area contributed by atoms with E-state index in [0.717, 1.165) is 11.5 Å². The number of ether oxygens (including phenoxy) is 1. The highest BCUT2D eigenvalue weighted by Crippen LogP contribution is 2.63. The normalized spacial score (nSPS) is 14.5. The molecule has 0 radical (unpaired) electrons. The Labute approximate surface area is 365 Å². The first-order valence-corrected chi connectivity index (χ1v) is 22.3. The molecule has 63 heavy (non-hydrogen) atoms. The highest BCUT2D eigenvalue weighted by Gasteiger charge is 2.53. The lowest BCUT2D eigenvalue weighted by Crippen LogP contribution is -2.58. The molecule has 294 valence electrons. The van der Waals surface area contributed by atoms with E-state index in [1.54, 1.807) is 0 Å². The zero-order valence-corrected chi connectivity index (χ0v) is 35.2. The molecule has 4 aliphatic rings. The van der Waals surface area contributed by atoms with E-state index in [1.807, 2.05) is 0 Å². The van der Waals surface area contributed by atoms with Crippen molar-refractivity contribution < 1.29 is 4.74 Å². The molecule has 3 nitrogen and oxygen atoms in total. The molecule has 15 rings (SSSR count). The van der Waals surface area contributed by atoms with Gasteiger partial charge in [0.25, 0.3) is 6.71 Å². The molecular weight excluding hydrogens is 763 g/mol. The fourth-order valence-electron chi connectivity index (χ4n) is 12.6. The standard InChI is InChI=1S/C59H39BN2O/c1-58(2,3)34-26-28-35(29-27-34)61-50-23-11-7-17-39(50)41-30-31-42-40-18-12-22-48-55(40)62(57(42)56(41)61)51-24-13-25-52-54(51)60(48)49-32-43-38-16-6-10-21-46(38)59(47(43)33-53(49)63-52)44-19-8-4-14-36(44)37-15-5-9-20-45(37)59/h4-33H,1-3H3. The molecular formula is C59H39BN2O. The molecule has 0 saturated heterocycles. The number of hydrogen-bond donors (Lipinski definition) is 0. The second kappa shape index (κ2) is 11.5. The van der Waals surface area contributed by atoms with Crippen LogP contribution < -0.4 is 21.1 Å². The van der Waals surface area contributed by atoms with Gasteiger partial charge in [-0.3, -0.25) is 0 Å². The minimum Gasteiger partial charge on any atom is -0.458 e. The second-order valence-corrected chi connectivity index (χ2v) is 19.1. The zero-order valence-electron chi connectivity index (χ0n) is 35.2. The van der Waals surface area contributed by atoms with Crippen LogP contribution >= 0.6 is 0 Å². The van der Waals surface area contributed by atoms with Crippen molar-refractivity contribution in [2.75, 3.05) is 0 Å². The Morgan fingerprint density at radius 1 is 0.444 bits per heavy atom. The molecule has 2 aromatic heterocycles. The summed E-state index contributed by atoms with van der Waals surface area (Å²) < 4.78 is 12.4. The zero-order chi connectivity index (χ0) is 41.5. The average molecular weight is 803 g/mol. The highest BCUT2D eigenvalue weighted by molar-refractivity contribution is 6.99. The van der Waals surface area contributed by atoms with E-state index in [-0.39, 0.29) is 12.1 Å². The molecule has 0 unspecified atom stereocenters. The molecule has 0 saturated carbocycles. The fraction of sp³-hybridized carbons (Fsp3) is 0.0847. The van der Waals surface area contributed by atoms with Crippen molar-refractivity contribution >= 4 is 66.7 Å². The van der Waals surface area contributed by atoms with Gasteiger partial charge in [-0.15, -0.1) is 0 Å². The first-order chi connectivity index (χ1) is 30.9. The van der Waals surface area contributed by atoms with Gasteiger partial charge in [0.1, 0.15) is 11.5 Å². The highest BCUT2D eigenvalue weighted by atomic mass is 16.5. The van der Waals surface area contributed by atoms with Crippen molar-refractivity contribution in [3.05, 3.63) is 210 Å². The van der Waals surface area contributed by atoms with Crippen LogP contribution in [0.4, 0.5) is 0 Å². The van der Waals surface area contributed by atoms with Gasteiger partial charge in [0.2, 0.25) is 0 Å². The summed E-state index contributed by atoms with van der Waals surface area (Å²) in [5.74, 6) is 1.87. The van der Waals surface area contributed by atoms with E-state index in [1.165, 1.54) is 121 Å². The summed E-state index contributed by atoms with van der Waals surface area (Å²) in [7, 11) is 0. The smallest absolute Gasteiger partial charge is 0.256 e. The Kier molecular flexibility index (Phi) is 6.20. The van der Waals surface area contributed by atoms with Gasteiger partial charge in [0.15, 0.2) is 0 Å². The van der Waals surface area contributed by atoms with Crippen LogP contribution in [-0.2, 0) is 10.8 Å². The number of rotatable bonds is 1. The summed E-state index contributed by atoms with van der Waals surface area (Å²) in [5.41, 5.74) is 22.6. The number of aromatic nitrogens is 2. The van der Waals surface area contributed by atoms with Crippen LogP contribution in [0.3, 0.4) is 0 Å². The van der Waals surface area contributed by atoms with E-state index < -0.39 is 5.41 Å². The largest absolute Gasteiger partial charge is 0.458 e. The van der Waals surface area contributed by atoms with Crippen LogP contribution in [0.5, 0.6) is 11.5 Å². The predicted octanol–water partition coefficient (Wildman–Crippen LogP) is 12.5. The molecule has 0 N–H and O–H groups in total. The number of para-hydroxylation sites is 2. The average Bonchev–Trinajstić information content (AvgIpc) is 4.02. The minimum absolute atomic E-state index is 0.0103. The van der Waals surface area contributed by atoms with Gasteiger partial charge in [-0.2, -0.15) is 0 Å². The van der Waals surface area contributed by atoms with Crippen LogP contribution in [-0.4, -0.2) is 15.8 Å². The lowest BCUT2D eigenvalue weighted by Gasteiger charge is -2.35. The molecule has 0 atom stereocenters. The van der Waals surface area contributed by atoms with E-state index in [4.69, 9.17) is 4.74 Å². The maximum atomic E-state index is 7.28. The topological polar surface area (TPSA) is 19.1 Å². The van der Waals surface area contributed by atoms with Crippen molar-refractivity contribution in [1.82, 2.24) is 9.13 Å². The van der Waals surface area contributed by atoms with Crippen molar-refractivity contribution in [2.45, 2.75) is 31.6 Å². The van der Waals surface area contributed by atoms with Crippen LogP contribution in [0.1, 0.15) is 48.6 Å². The lowest BCUT2D eigenvalue weighted by atomic mass is 9.34. The summed E-state index contributed by atoms with van der Waals surface area (Å²) in [6.07, 6.45) is 0. The molecule has 4 heteroatoms. The third kappa shape index (κ3) is 4.00. The monoisotopic (exact) mass is 802 g/mol. The van der Waals surface area contributed by atoms with Gasteiger partial charge in [-0.1, -0.05) is 166 Å². The predicted molar refractivity (Wildman–Crippen MR) is 261 cm³/mol. The third-order valence-electron chi connectivity index (χ3n) is 15.1. The van der Waals surface area contributed by atoms with Crippen LogP contribution in [0.15, 0.2) is 182 Å². The minimum atomic E-state index is -0.435. The molecule has 0 bridgehead atoms. The molecule has 4 heterocycles. The van der Waals surface area contributed by atoms with Crippen molar-refractivity contribution in [3.63, 3.8) is 0 Å². The SMILES string of the molecule is CC(C)(C)c1ccc(-n2c3ccccc3c3ccc4c5cccc6c5n(c4c32)-c2cccc3c2B6c2cc4c(cc2O3)C2(c3ccccc3-c3ccccc32)c2ccccc2-4)cc1. The summed E-state index contributed by atoms with van der Waals surface area (Å²) in [5, 5.41) is 5.05. The van der Waals surface area contributed by atoms with Crippen molar-refractivity contribution in [3.8, 4) is 45.1 Å². The van der Waals surface area contributed by atoms with Crippen molar-refractivity contribution in [1.29, 1.82) is 0 Å².